The lowest BCUT2D eigenvalue weighted by Gasteiger charge is -2.32. The number of quaternary nitrogens is 1. The van der Waals surface area contributed by atoms with Crippen molar-refractivity contribution in [3.05, 3.63) is 0 Å². The first-order valence-corrected chi connectivity index (χ1v) is 10.4. The van der Waals surface area contributed by atoms with E-state index in [1.807, 2.05) is 21.1 Å². The number of phosphoric acid groups is 1. The number of nitrogens with zero attached hydrogens (tertiary/aromatic N) is 1. The highest BCUT2D eigenvalue weighted by Gasteiger charge is 2.42. The molecule has 9 nitrogen and oxygen atoms in total. The zero-order valence-corrected chi connectivity index (χ0v) is 18.4. The molecule has 0 radical (unpaired) electrons. The predicted octanol–water partition coefficient (Wildman–Crippen LogP) is 2.29. The third kappa shape index (κ3) is 10.2. The van der Waals surface area contributed by atoms with Crippen molar-refractivity contribution >= 4 is 19.8 Å². The van der Waals surface area contributed by atoms with E-state index >= 15 is 0 Å². The highest BCUT2D eigenvalue weighted by Crippen LogP contribution is 2.43. The van der Waals surface area contributed by atoms with Crippen LogP contribution in [-0.4, -0.2) is 73.9 Å². The summed E-state index contributed by atoms with van der Waals surface area (Å²) in [5.41, 5.74) is -2.06. The van der Waals surface area contributed by atoms with Gasteiger partial charge in [0.2, 0.25) is 0 Å². The average molecular weight is 412 g/mol. The van der Waals surface area contributed by atoms with Crippen LogP contribution in [0.15, 0.2) is 0 Å². The van der Waals surface area contributed by atoms with Crippen LogP contribution in [-0.2, 0) is 27.9 Å². The first-order valence-electron chi connectivity index (χ1n) is 8.88. The van der Waals surface area contributed by atoms with Gasteiger partial charge in [0.05, 0.1) is 38.6 Å². The van der Waals surface area contributed by atoms with E-state index < -0.39 is 30.6 Å². The number of esters is 1. The van der Waals surface area contributed by atoms with Gasteiger partial charge in [0.1, 0.15) is 19.8 Å². The number of hydrogen-bond acceptors (Lipinski definition) is 6. The van der Waals surface area contributed by atoms with Crippen LogP contribution in [0.4, 0.5) is 0 Å². The maximum atomic E-state index is 12.4. The van der Waals surface area contributed by atoms with E-state index in [2.05, 4.69) is 0 Å². The number of carboxylic acids is 1. The van der Waals surface area contributed by atoms with Gasteiger partial charge < -0.3 is 19.2 Å². The second-order valence-corrected chi connectivity index (χ2v) is 10.0. The van der Waals surface area contributed by atoms with Gasteiger partial charge in [0.25, 0.3) is 0 Å². The summed E-state index contributed by atoms with van der Waals surface area (Å²) in [5.74, 6) is -1.56. The van der Waals surface area contributed by atoms with E-state index in [-0.39, 0.29) is 26.2 Å². The van der Waals surface area contributed by atoms with Gasteiger partial charge >= 0.3 is 19.8 Å². The van der Waals surface area contributed by atoms with Gasteiger partial charge in [-0.05, 0) is 33.6 Å². The van der Waals surface area contributed by atoms with Gasteiger partial charge in [-0.3, -0.25) is 18.6 Å². The van der Waals surface area contributed by atoms with Crippen LogP contribution < -0.4 is 0 Å². The summed E-state index contributed by atoms with van der Waals surface area (Å²) in [6, 6.07) is 0. The Bertz CT molecular complexity index is 558. The molecule has 0 aliphatic heterocycles. The fourth-order valence-electron chi connectivity index (χ4n) is 2.32. The second kappa shape index (κ2) is 9.98. The predicted molar refractivity (Wildman–Crippen MR) is 100 cm³/mol. The molecule has 0 heterocycles. The van der Waals surface area contributed by atoms with Crippen molar-refractivity contribution < 1.29 is 42.4 Å². The number of carboxylic acid groups (broad SMARTS) is 1. The SMILES string of the molecule is CCC(C)(CC(C)(C)C(=O)O)C(=O)OCCOP(=O)(O)OCC[N+](C)(C)C. The van der Waals surface area contributed by atoms with Crippen LogP contribution in [0.2, 0.25) is 0 Å². The molecule has 0 spiro atoms. The summed E-state index contributed by atoms with van der Waals surface area (Å²) < 4.78 is 27.1. The van der Waals surface area contributed by atoms with Crippen molar-refractivity contribution in [1.82, 2.24) is 0 Å². The molecule has 0 bridgehead atoms. The quantitative estimate of drug-likeness (QED) is 0.205. The Morgan fingerprint density at radius 3 is 2.00 bits per heavy atom. The highest BCUT2D eigenvalue weighted by molar-refractivity contribution is 7.47. The second-order valence-electron chi connectivity index (χ2n) is 8.56. The first kappa shape index (κ1) is 26.0. The molecule has 0 fully saturated rings. The molecule has 0 aromatic heterocycles. The van der Waals surface area contributed by atoms with E-state index in [1.54, 1.807) is 27.7 Å². The lowest BCUT2D eigenvalue weighted by atomic mass is 9.72. The number of phosphoric ester groups is 1. The van der Waals surface area contributed by atoms with Crippen molar-refractivity contribution in [2.45, 2.75) is 40.5 Å². The largest absolute Gasteiger partial charge is 0.481 e. The van der Waals surface area contributed by atoms with Gasteiger partial charge in [0.15, 0.2) is 0 Å². The van der Waals surface area contributed by atoms with Gasteiger partial charge in [-0.15, -0.1) is 0 Å². The van der Waals surface area contributed by atoms with E-state index in [0.29, 0.717) is 17.4 Å². The van der Waals surface area contributed by atoms with Crippen molar-refractivity contribution in [2.24, 2.45) is 10.8 Å². The molecule has 0 aromatic rings. The fourth-order valence-corrected chi connectivity index (χ4v) is 3.01. The van der Waals surface area contributed by atoms with Crippen molar-refractivity contribution in [1.29, 1.82) is 0 Å². The Hall–Kier alpha value is -0.990. The van der Waals surface area contributed by atoms with Crippen LogP contribution in [0, 0.1) is 10.8 Å². The minimum atomic E-state index is -4.21. The lowest BCUT2D eigenvalue weighted by molar-refractivity contribution is -0.870. The van der Waals surface area contributed by atoms with Crippen molar-refractivity contribution in [3.63, 3.8) is 0 Å². The standard InChI is InChI=1S/C17H34NO8P/c1-8-17(4,13-16(2,3)14(19)20)15(21)24-11-12-26-27(22,23)25-10-9-18(5,6)7/h8-13H2,1-7H3,(H-,19,20,22,23)/p+1. The van der Waals surface area contributed by atoms with Crippen LogP contribution in [0.1, 0.15) is 40.5 Å². The summed E-state index contributed by atoms with van der Waals surface area (Å²) in [7, 11) is 1.55. The third-order valence-electron chi connectivity index (χ3n) is 4.27. The van der Waals surface area contributed by atoms with Gasteiger partial charge in [-0.1, -0.05) is 6.92 Å². The number of carbonyl (C=O) groups is 2. The Labute approximate surface area is 161 Å². The minimum absolute atomic E-state index is 0.0508. The van der Waals surface area contributed by atoms with Gasteiger partial charge in [-0.25, -0.2) is 4.57 Å². The van der Waals surface area contributed by atoms with Crippen LogP contribution in [0.3, 0.4) is 0 Å². The smallest absolute Gasteiger partial charge is 0.472 e. The topological polar surface area (TPSA) is 119 Å². The van der Waals surface area contributed by atoms with Crippen LogP contribution in [0.5, 0.6) is 0 Å². The molecular weight excluding hydrogens is 377 g/mol. The molecule has 160 valence electrons. The monoisotopic (exact) mass is 412 g/mol. The summed E-state index contributed by atoms with van der Waals surface area (Å²) >= 11 is 0. The lowest BCUT2D eigenvalue weighted by Crippen LogP contribution is -2.38. The van der Waals surface area contributed by atoms with Crippen molar-refractivity contribution in [2.75, 3.05) is 47.5 Å². The Kier molecular flexibility index (Phi) is 9.61. The maximum Gasteiger partial charge on any atom is 0.472 e. The number of hydrogen-bond donors (Lipinski definition) is 2. The van der Waals surface area contributed by atoms with E-state index in [1.165, 1.54) is 0 Å². The van der Waals surface area contributed by atoms with E-state index in [0.717, 1.165) is 0 Å². The molecule has 2 unspecified atom stereocenters. The Balaban J connectivity index is 4.48. The third-order valence-corrected chi connectivity index (χ3v) is 5.29. The molecule has 2 N–H and O–H groups in total. The Morgan fingerprint density at radius 2 is 1.56 bits per heavy atom. The average Bonchev–Trinajstić information content (AvgIpc) is 2.49. The van der Waals surface area contributed by atoms with Crippen LogP contribution in [0.25, 0.3) is 0 Å². The maximum absolute atomic E-state index is 12.4. The zero-order valence-electron chi connectivity index (χ0n) is 17.5. The molecular formula is C17H35NO8P+. The highest BCUT2D eigenvalue weighted by atomic mass is 31.2. The summed E-state index contributed by atoms with van der Waals surface area (Å²) in [6.45, 7) is 6.57. The molecule has 0 saturated heterocycles. The number of aliphatic carboxylic acids is 1. The van der Waals surface area contributed by atoms with E-state index in [4.69, 9.17) is 13.8 Å². The Morgan fingerprint density at radius 1 is 1.04 bits per heavy atom. The summed E-state index contributed by atoms with van der Waals surface area (Å²) in [5, 5.41) is 9.26. The van der Waals surface area contributed by atoms with Crippen LogP contribution >= 0.6 is 7.82 Å². The first-order chi connectivity index (χ1) is 12.0. The minimum Gasteiger partial charge on any atom is -0.481 e. The number of carbonyl (C=O) groups excluding carboxylic acids is 1. The summed E-state index contributed by atoms with van der Waals surface area (Å²) in [4.78, 5) is 33.3. The zero-order chi connectivity index (χ0) is 21.5. The normalized spacial score (nSPS) is 17.0. The van der Waals surface area contributed by atoms with Gasteiger partial charge in [-0.2, -0.15) is 0 Å². The van der Waals surface area contributed by atoms with E-state index in [9.17, 15) is 24.2 Å². The number of rotatable bonds is 13. The molecule has 0 amide bonds. The fraction of sp³-hybridized carbons (Fsp3) is 0.882. The molecule has 2 atom stereocenters. The molecule has 0 aromatic carbocycles. The van der Waals surface area contributed by atoms with Crippen molar-refractivity contribution in [3.8, 4) is 0 Å². The molecule has 0 rings (SSSR count). The molecule has 0 aliphatic carbocycles. The summed E-state index contributed by atoms with van der Waals surface area (Å²) in [6.07, 6.45) is 0.508. The molecule has 27 heavy (non-hydrogen) atoms. The molecule has 0 saturated carbocycles. The number of likely N-dealkylation sites (N-methyl/N-ethyl adjacent to an activating group) is 1. The van der Waals surface area contributed by atoms with Gasteiger partial charge in [0, 0.05) is 0 Å². The molecule has 10 heteroatoms. The molecule has 0 aliphatic rings. The number of ether oxygens (including phenoxy) is 1.